The minimum atomic E-state index is -0.174. The molecule has 0 radical (unpaired) electrons. The van der Waals surface area contributed by atoms with Crippen LogP contribution in [0.2, 0.25) is 0 Å². The maximum atomic E-state index is 12.1. The molecule has 0 atom stereocenters. The molecule has 0 aliphatic carbocycles. The van der Waals surface area contributed by atoms with Gasteiger partial charge in [-0.3, -0.25) is 4.79 Å². The van der Waals surface area contributed by atoms with Gasteiger partial charge in [0.05, 0.1) is 4.47 Å². The van der Waals surface area contributed by atoms with E-state index in [-0.39, 0.29) is 5.91 Å². The van der Waals surface area contributed by atoms with Crippen LogP contribution in [-0.4, -0.2) is 25.5 Å². The molecule has 0 fully saturated rings. The lowest BCUT2D eigenvalue weighted by Crippen LogP contribution is -2.29. The van der Waals surface area contributed by atoms with Gasteiger partial charge < -0.3 is 15.1 Å². The molecule has 2 N–H and O–H groups in total. The first kappa shape index (κ1) is 13.4. The van der Waals surface area contributed by atoms with E-state index in [1.807, 2.05) is 18.2 Å². The second-order valence-corrected chi connectivity index (χ2v) is 5.62. The third-order valence-corrected chi connectivity index (χ3v) is 3.98. The summed E-state index contributed by atoms with van der Waals surface area (Å²) in [6.07, 6.45) is 3.10. The first-order valence-corrected chi connectivity index (χ1v) is 7.38. The lowest BCUT2D eigenvalue weighted by atomic mass is 10.1. The van der Waals surface area contributed by atoms with Crippen molar-refractivity contribution < 1.29 is 9.21 Å². The number of rotatable bonds is 3. The van der Waals surface area contributed by atoms with Crippen LogP contribution in [0.5, 0.6) is 0 Å². The van der Waals surface area contributed by atoms with Crippen LogP contribution in [0.3, 0.4) is 0 Å². The summed E-state index contributed by atoms with van der Waals surface area (Å²) in [5.74, 6) is 0.175. The van der Waals surface area contributed by atoms with Gasteiger partial charge in [-0.25, -0.2) is 0 Å². The van der Waals surface area contributed by atoms with Crippen LogP contribution in [0.25, 0.3) is 11.0 Å². The molecule has 2 aromatic rings. The van der Waals surface area contributed by atoms with Crippen molar-refractivity contribution in [2.24, 2.45) is 0 Å². The lowest BCUT2D eigenvalue weighted by molar-refractivity contribution is 0.0931. The maximum absolute atomic E-state index is 12.1. The summed E-state index contributed by atoms with van der Waals surface area (Å²) in [7, 11) is 0. The van der Waals surface area contributed by atoms with E-state index in [0.717, 1.165) is 29.4 Å². The van der Waals surface area contributed by atoms with E-state index >= 15 is 0 Å². The van der Waals surface area contributed by atoms with Crippen LogP contribution in [0.1, 0.15) is 17.0 Å². The number of furan rings is 1. The first-order valence-electron chi connectivity index (χ1n) is 6.59. The van der Waals surface area contributed by atoms with Gasteiger partial charge in [-0.15, -0.1) is 0 Å². The fourth-order valence-corrected chi connectivity index (χ4v) is 2.71. The Bertz CT molecular complexity index is 676. The van der Waals surface area contributed by atoms with Gasteiger partial charge in [0.15, 0.2) is 5.76 Å². The number of para-hydroxylation sites is 1. The molecule has 0 saturated heterocycles. The monoisotopic (exact) mass is 334 g/mol. The number of hydrogen-bond acceptors (Lipinski definition) is 3. The largest absolute Gasteiger partial charge is 0.450 e. The van der Waals surface area contributed by atoms with Crippen molar-refractivity contribution in [2.75, 3.05) is 19.6 Å². The molecule has 0 spiro atoms. The van der Waals surface area contributed by atoms with Crippen molar-refractivity contribution in [3.05, 3.63) is 46.1 Å². The van der Waals surface area contributed by atoms with E-state index in [0.29, 0.717) is 17.9 Å². The SMILES string of the molecule is O=C(NCC1=CCNCC1)c1cc2cccc(Br)c2o1. The maximum Gasteiger partial charge on any atom is 0.287 e. The number of amides is 1. The number of fused-ring (bicyclic) bond motifs is 1. The predicted molar refractivity (Wildman–Crippen MR) is 81.8 cm³/mol. The van der Waals surface area contributed by atoms with Crippen LogP contribution in [0, 0.1) is 0 Å². The number of benzene rings is 1. The van der Waals surface area contributed by atoms with E-state index in [2.05, 4.69) is 32.6 Å². The summed E-state index contributed by atoms with van der Waals surface area (Å²) in [6, 6.07) is 7.51. The molecule has 104 valence electrons. The number of carbonyl (C=O) groups excluding carboxylic acids is 1. The minimum absolute atomic E-state index is 0.174. The van der Waals surface area contributed by atoms with E-state index in [9.17, 15) is 4.79 Å². The summed E-state index contributed by atoms with van der Waals surface area (Å²) < 4.78 is 6.47. The second-order valence-electron chi connectivity index (χ2n) is 4.77. The summed E-state index contributed by atoms with van der Waals surface area (Å²) in [5.41, 5.74) is 1.97. The third-order valence-electron chi connectivity index (χ3n) is 3.35. The molecule has 1 amide bonds. The topological polar surface area (TPSA) is 54.3 Å². The van der Waals surface area contributed by atoms with Crippen LogP contribution < -0.4 is 10.6 Å². The zero-order valence-electron chi connectivity index (χ0n) is 10.9. The van der Waals surface area contributed by atoms with Crippen LogP contribution in [0.15, 0.2) is 44.8 Å². The Balaban J connectivity index is 1.72. The third kappa shape index (κ3) is 2.78. The average molecular weight is 335 g/mol. The molecule has 20 heavy (non-hydrogen) atoms. The van der Waals surface area contributed by atoms with Gasteiger partial charge in [0.25, 0.3) is 5.91 Å². The predicted octanol–water partition coefficient (Wildman–Crippen LogP) is 2.84. The molecular weight excluding hydrogens is 320 g/mol. The quantitative estimate of drug-likeness (QED) is 0.848. The van der Waals surface area contributed by atoms with Gasteiger partial charge in [0, 0.05) is 18.5 Å². The Labute approximate surface area is 125 Å². The van der Waals surface area contributed by atoms with Gasteiger partial charge in [-0.2, -0.15) is 0 Å². The van der Waals surface area contributed by atoms with Crippen LogP contribution in [-0.2, 0) is 0 Å². The average Bonchev–Trinajstić information content (AvgIpc) is 2.91. The molecule has 5 heteroatoms. The number of hydrogen-bond donors (Lipinski definition) is 2. The highest BCUT2D eigenvalue weighted by Gasteiger charge is 2.14. The van der Waals surface area contributed by atoms with Crippen molar-refractivity contribution >= 4 is 32.8 Å². The Hall–Kier alpha value is -1.59. The van der Waals surface area contributed by atoms with Gasteiger partial charge in [0.1, 0.15) is 5.58 Å². The van der Waals surface area contributed by atoms with E-state index in [1.165, 1.54) is 5.57 Å². The summed E-state index contributed by atoms with van der Waals surface area (Å²) >= 11 is 3.42. The smallest absolute Gasteiger partial charge is 0.287 e. The fraction of sp³-hybridized carbons (Fsp3) is 0.267. The fourth-order valence-electron chi connectivity index (χ4n) is 2.25. The molecule has 1 aliphatic heterocycles. The van der Waals surface area contributed by atoms with Gasteiger partial charge in [0.2, 0.25) is 0 Å². The van der Waals surface area contributed by atoms with Crippen molar-refractivity contribution in [1.82, 2.24) is 10.6 Å². The lowest BCUT2D eigenvalue weighted by Gasteiger charge is -2.13. The second kappa shape index (κ2) is 5.81. The van der Waals surface area contributed by atoms with Crippen LogP contribution >= 0.6 is 15.9 Å². The molecule has 0 saturated carbocycles. The zero-order chi connectivity index (χ0) is 13.9. The van der Waals surface area contributed by atoms with E-state index in [1.54, 1.807) is 6.07 Å². The minimum Gasteiger partial charge on any atom is -0.450 e. The summed E-state index contributed by atoms with van der Waals surface area (Å²) in [6.45, 7) is 2.43. The molecule has 1 aromatic heterocycles. The Morgan fingerprint density at radius 2 is 2.35 bits per heavy atom. The Morgan fingerprint density at radius 3 is 3.10 bits per heavy atom. The number of nitrogens with one attached hydrogen (secondary N) is 2. The first-order chi connectivity index (χ1) is 9.74. The molecule has 0 unspecified atom stereocenters. The van der Waals surface area contributed by atoms with Crippen molar-refractivity contribution in [3.8, 4) is 0 Å². The summed E-state index contributed by atoms with van der Waals surface area (Å²) in [4.78, 5) is 12.1. The normalized spacial score (nSPS) is 15.2. The van der Waals surface area contributed by atoms with Gasteiger partial charge >= 0.3 is 0 Å². The van der Waals surface area contributed by atoms with E-state index in [4.69, 9.17) is 4.42 Å². The highest BCUT2D eigenvalue weighted by Crippen LogP contribution is 2.26. The molecule has 1 aliphatic rings. The molecular formula is C15H15BrN2O2. The van der Waals surface area contributed by atoms with Crippen molar-refractivity contribution in [1.29, 1.82) is 0 Å². The molecule has 3 rings (SSSR count). The molecule has 1 aromatic carbocycles. The highest BCUT2D eigenvalue weighted by molar-refractivity contribution is 9.10. The molecule has 4 nitrogen and oxygen atoms in total. The van der Waals surface area contributed by atoms with Gasteiger partial charge in [-0.1, -0.05) is 23.8 Å². The zero-order valence-corrected chi connectivity index (χ0v) is 12.5. The molecule has 2 heterocycles. The standard InChI is InChI=1S/C15H15BrN2O2/c16-12-3-1-2-11-8-13(20-14(11)12)15(19)18-9-10-4-6-17-7-5-10/h1-4,8,17H,5-7,9H2,(H,18,19). The van der Waals surface area contributed by atoms with Crippen molar-refractivity contribution in [3.63, 3.8) is 0 Å². The van der Waals surface area contributed by atoms with Gasteiger partial charge in [-0.05, 0) is 41.0 Å². The Morgan fingerprint density at radius 1 is 1.45 bits per heavy atom. The highest BCUT2D eigenvalue weighted by atomic mass is 79.9. The summed E-state index contributed by atoms with van der Waals surface area (Å²) in [5, 5.41) is 7.07. The van der Waals surface area contributed by atoms with Crippen LogP contribution in [0.4, 0.5) is 0 Å². The van der Waals surface area contributed by atoms with Crippen molar-refractivity contribution in [2.45, 2.75) is 6.42 Å². The number of halogens is 1. The van der Waals surface area contributed by atoms with E-state index < -0.39 is 0 Å². The molecule has 0 bridgehead atoms. The Kier molecular flexibility index (Phi) is 3.89. The number of carbonyl (C=O) groups is 1.